The highest BCUT2D eigenvalue weighted by Crippen LogP contribution is 2.13. The highest BCUT2D eigenvalue weighted by atomic mass is 16.6. The van der Waals surface area contributed by atoms with E-state index in [4.69, 9.17) is 0 Å². The van der Waals surface area contributed by atoms with E-state index >= 15 is 0 Å². The summed E-state index contributed by atoms with van der Waals surface area (Å²) in [5, 5.41) is 16.9. The predicted octanol–water partition coefficient (Wildman–Crippen LogP) is 1.27. The molecule has 1 amide bonds. The Morgan fingerprint density at radius 3 is 2.75 bits per heavy atom. The van der Waals surface area contributed by atoms with Crippen LogP contribution in [0.15, 0.2) is 29.3 Å². The Morgan fingerprint density at radius 2 is 2.08 bits per heavy atom. The van der Waals surface area contributed by atoms with Crippen molar-refractivity contribution in [2.24, 2.45) is 4.99 Å². The molecule has 2 rings (SSSR count). The zero-order chi connectivity index (χ0) is 17.4. The van der Waals surface area contributed by atoms with Gasteiger partial charge in [-0.2, -0.15) is 0 Å². The Balaban J connectivity index is 1.93. The number of hydrogen-bond acceptors (Lipinski definition) is 4. The van der Waals surface area contributed by atoms with Gasteiger partial charge in [0.2, 0.25) is 5.91 Å². The van der Waals surface area contributed by atoms with Gasteiger partial charge >= 0.3 is 0 Å². The van der Waals surface area contributed by atoms with Crippen molar-refractivity contribution in [3.05, 3.63) is 39.9 Å². The van der Waals surface area contributed by atoms with Gasteiger partial charge in [-0.3, -0.25) is 14.9 Å². The van der Waals surface area contributed by atoms with E-state index in [0.717, 1.165) is 31.5 Å². The molecule has 0 bridgehead atoms. The minimum absolute atomic E-state index is 0.0462. The number of benzene rings is 1. The summed E-state index contributed by atoms with van der Waals surface area (Å²) in [7, 11) is 0. The number of nitrogens with one attached hydrogen (secondary N) is 2. The molecule has 0 spiro atoms. The molecule has 0 radical (unpaired) electrons. The van der Waals surface area contributed by atoms with Crippen LogP contribution < -0.4 is 10.6 Å². The number of aliphatic imine (C=N–C) groups is 1. The van der Waals surface area contributed by atoms with E-state index in [2.05, 4.69) is 15.6 Å². The van der Waals surface area contributed by atoms with Crippen molar-refractivity contribution in [3.8, 4) is 0 Å². The van der Waals surface area contributed by atoms with Crippen LogP contribution in [0.1, 0.15) is 25.3 Å². The number of rotatable bonds is 6. The number of amides is 1. The molecule has 0 aliphatic carbocycles. The van der Waals surface area contributed by atoms with Gasteiger partial charge in [-0.1, -0.05) is 12.1 Å². The van der Waals surface area contributed by atoms with E-state index in [9.17, 15) is 14.9 Å². The lowest BCUT2D eigenvalue weighted by atomic mass is 10.2. The summed E-state index contributed by atoms with van der Waals surface area (Å²) >= 11 is 0. The van der Waals surface area contributed by atoms with E-state index in [-0.39, 0.29) is 18.1 Å². The molecule has 0 aromatic heterocycles. The topological polar surface area (TPSA) is 99.9 Å². The fourth-order valence-electron chi connectivity index (χ4n) is 2.52. The third-order valence-electron chi connectivity index (χ3n) is 3.75. The van der Waals surface area contributed by atoms with Crippen LogP contribution in [0.5, 0.6) is 0 Å². The number of carbonyl (C=O) groups excluding carboxylic acids is 1. The zero-order valence-electron chi connectivity index (χ0n) is 13.8. The fourth-order valence-corrected chi connectivity index (χ4v) is 2.52. The molecule has 0 unspecified atom stereocenters. The third-order valence-corrected chi connectivity index (χ3v) is 3.75. The lowest BCUT2D eigenvalue weighted by Gasteiger charge is -2.17. The van der Waals surface area contributed by atoms with Gasteiger partial charge in [0.1, 0.15) is 0 Å². The standard InChI is InChI=1S/C16H23N5O3/c1-2-17-16(19-12-15(22)20-8-3-4-9-20)18-11-13-6-5-7-14(10-13)21(23)24/h5-7,10H,2-4,8-9,11-12H2,1H3,(H2,17,18,19). The Hall–Kier alpha value is -2.64. The van der Waals surface area contributed by atoms with Crippen LogP contribution in [-0.2, 0) is 11.3 Å². The molecule has 1 aliphatic heterocycles. The van der Waals surface area contributed by atoms with Crippen LogP contribution >= 0.6 is 0 Å². The predicted molar refractivity (Wildman–Crippen MR) is 91.7 cm³/mol. The molecule has 2 N–H and O–H groups in total. The molecule has 8 nitrogen and oxygen atoms in total. The number of hydrogen-bond donors (Lipinski definition) is 2. The lowest BCUT2D eigenvalue weighted by molar-refractivity contribution is -0.384. The molecule has 1 aromatic carbocycles. The maximum absolute atomic E-state index is 12.1. The van der Waals surface area contributed by atoms with Crippen molar-refractivity contribution in [1.29, 1.82) is 0 Å². The van der Waals surface area contributed by atoms with Gasteiger partial charge in [0.15, 0.2) is 5.96 Å². The van der Waals surface area contributed by atoms with E-state index < -0.39 is 4.92 Å². The van der Waals surface area contributed by atoms with Crippen LogP contribution in [0.3, 0.4) is 0 Å². The van der Waals surface area contributed by atoms with Crippen molar-refractivity contribution in [1.82, 2.24) is 15.5 Å². The minimum atomic E-state index is -0.425. The van der Waals surface area contributed by atoms with Crippen molar-refractivity contribution in [3.63, 3.8) is 0 Å². The highest BCUT2D eigenvalue weighted by molar-refractivity contribution is 5.86. The first-order chi connectivity index (χ1) is 11.6. The summed E-state index contributed by atoms with van der Waals surface area (Å²) in [4.78, 5) is 28.7. The van der Waals surface area contributed by atoms with Gasteiger partial charge < -0.3 is 15.5 Å². The molecule has 1 fully saturated rings. The zero-order valence-corrected chi connectivity index (χ0v) is 13.8. The van der Waals surface area contributed by atoms with Gasteiger partial charge in [-0.25, -0.2) is 4.99 Å². The van der Waals surface area contributed by atoms with Crippen LogP contribution in [0.4, 0.5) is 5.69 Å². The molecule has 1 aromatic rings. The first-order valence-corrected chi connectivity index (χ1v) is 8.13. The van der Waals surface area contributed by atoms with Crippen LogP contribution in [0.25, 0.3) is 0 Å². The summed E-state index contributed by atoms with van der Waals surface area (Å²) in [6, 6.07) is 6.38. The number of nitrogens with zero attached hydrogens (tertiary/aromatic N) is 3. The van der Waals surface area contributed by atoms with Gasteiger partial charge in [0.05, 0.1) is 18.0 Å². The van der Waals surface area contributed by atoms with Crippen molar-refractivity contribution in [2.75, 3.05) is 26.2 Å². The number of carbonyl (C=O) groups is 1. The third kappa shape index (κ3) is 5.22. The Bertz CT molecular complexity index is 611. The minimum Gasteiger partial charge on any atom is -0.357 e. The number of nitro groups is 1. The average molecular weight is 333 g/mol. The Labute approximate surface area is 141 Å². The lowest BCUT2D eigenvalue weighted by Crippen LogP contribution is -2.44. The molecule has 1 aliphatic rings. The molecule has 24 heavy (non-hydrogen) atoms. The smallest absolute Gasteiger partial charge is 0.269 e. The fraction of sp³-hybridized carbons (Fsp3) is 0.500. The molecule has 8 heteroatoms. The van der Waals surface area contributed by atoms with Gasteiger partial charge in [-0.15, -0.1) is 0 Å². The van der Waals surface area contributed by atoms with Crippen LogP contribution in [0, 0.1) is 10.1 Å². The summed E-state index contributed by atoms with van der Waals surface area (Å²) in [5.41, 5.74) is 0.789. The summed E-state index contributed by atoms with van der Waals surface area (Å²) in [5.74, 6) is 0.588. The van der Waals surface area contributed by atoms with E-state index in [1.54, 1.807) is 12.1 Å². The number of guanidine groups is 1. The van der Waals surface area contributed by atoms with E-state index in [0.29, 0.717) is 19.0 Å². The second kappa shape index (κ2) is 8.85. The van der Waals surface area contributed by atoms with Gasteiger partial charge in [-0.05, 0) is 25.3 Å². The molecular formula is C16H23N5O3. The van der Waals surface area contributed by atoms with Crippen LogP contribution in [0.2, 0.25) is 0 Å². The summed E-state index contributed by atoms with van der Waals surface area (Å²) in [6.45, 7) is 4.74. The average Bonchev–Trinajstić information content (AvgIpc) is 3.12. The molecule has 1 heterocycles. The Morgan fingerprint density at radius 1 is 1.33 bits per heavy atom. The maximum atomic E-state index is 12.1. The summed E-state index contributed by atoms with van der Waals surface area (Å²) in [6.07, 6.45) is 2.12. The second-order valence-corrected chi connectivity index (χ2v) is 5.56. The SMILES string of the molecule is CCNC(=NCc1cccc([N+](=O)[O-])c1)NCC(=O)N1CCCC1. The van der Waals surface area contributed by atoms with Crippen molar-refractivity contribution < 1.29 is 9.72 Å². The molecule has 0 saturated carbocycles. The van der Waals surface area contributed by atoms with E-state index in [1.807, 2.05) is 11.8 Å². The quantitative estimate of drug-likeness (QED) is 0.353. The van der Waals surface area contributed by atoms with Crippen molar-refractivity contribution >= 4 is 17.6 Å². The monoisotopic (exact) mass is 333 g/mol. The maximum Gasteiger partial charge on any atom is 0.269 e. The molecule has 130 valence electrons. The van der Waals surface area contributed by atoms with E-state index in [1.165, 1.54) is 12.1 Å². The summed E-state index contributed by atoms with van der Waals surface area (Å²) < 4.78 is 0. The Kier molecular flexibility index (Phi) is 6.53. The molecule has 0 atom stereocenters. The van der Waals surface area contributed by atoms with Gasteiger partial charge in [0, 0.05) is 31.8 Å². The normalized spacial score (nSPS) is 14.5. The molecule has 1 saturated heterocycles. The number of nitro benzene ring substituents is 1. The largest absolute Gasteiger partial charge is 0.357 e. The van der Waals surface area contributed by atoms with Crippen LogP contribution in [-0.4, -0.2) is 47.9 Å². The number of likely N-dealkylation sites (tertiary alicyclic amines) is 1. The second-order valence-electron chi connectivity index (χ2n) is 5.56. The number of non-ortho nitro benzene ring substituents is 1. The first-order valence-electron chi connectivity index (χ1n) is 8.13. The first kappa shape index (κ1) is 17.7. The van der Waals surface area contributed by atoms with Crippen molar-refractivity contribution in [2.45, 2.75) is 26.3 Å². The highest BCUT2D eigenvalue weighted by Gasteiger charge is 2.17. The van der Waals surface area contributed by atoms with Gasteiger partial charge in [0.25, 0.3) is 5.69 Å². The molecular weight excluding hydrogens is 310 g/mol.